The molecule has 0 saturated carbocycles. The lowest BCUT2D eigenvalue weighted by Crippen LogP contribution is -2.48. The smallest absolute Gasteiger partial charge is 0.229 e. The fraction of sp³-hybridized carbons (Fsp3) is 0.261. The van der Waals surface area contributed by atoms with Gasteiger partial charge in [0.05, 0.1) is 0 Å². The van der Waals surface area contributed by atoms with Gasteiger partial charge in [-0.25, -0.2) is 9.37 Å². The van der Waals surface area contributed by atoms with Gasteiger partial charge in [-0.2, -0.15) is 4.98 Å². The second-order valence-corrected chi connectivity index (χ2v) is 7.54. The van der Waals surface area contributed by atoms with E-state index in [0.29, 0.717) is 24.2 Å². The maximum absolute atomic E-state index is 13.1. The number of piperidine rings is 1. The van der Waals surface area contributed by atoms with E-state index in [2.05, 4.69) is 38.1 Å². The summed E-state index contributed by atoms with van der Waals surface area (Å²) in [7, 11) is 1.94. The molecule has 0 aliphatic carbocycles. The molecule has 0 radical (unpaired) electrons. The van der Waals surface area contributed by atoms with E-state index in [9.17, 15) is 9.18 Å². The first-order chi connectivity index (χ1) is 15.1. The molecule has 2 heterocycles. The van der Waals surface area contributed by atoms with Crippen molar-refractivity contribution < 1.29 is 9.18 Å². The van der Waals surface area contributed by atoms with Crippen LogP contribution in [0.1, 0.15) is 17.9 Å². The number of hydrogen-bond donors (Lipinski definition) is 3. The molecule has 3 aromatic rings. The summed E-state index contributed by atoms with van der Waals surface area (Å²) < 4.78 is 13.1. The summed E-state index contributed by atoms with van der Waals surface area (Å²) in [5.74, 6) is 1.15. The molecule has 3 N–H and O–H groups in total. The van der Waals surface area contributed by atoms with E-state index in [0.717, 1.165) is 30.8 Å². The first kappa shape index (κ1) is 20.7. The summed E-state index contributed by atoms with van der Waals surface area (Å²) in [6, 6.07) is 16.3. The minimum absolute atomic E-state index is 0.232. The van der Waals surface area contributed by atoms with Gasteiger partial charge in [-0.05, 0) is 61.5 Å². The lowest BCUT2D eigenvalue weighted by Gasteiger charge is -2.37. The molecule has 160 valence electrons. The topological polar surface area (TPSA) is 82.2 Å². The minimum Gasteiger partial charge on any atom is -0.344 e. The summed E-state index contributed by atoms with van der Waals surface area (Å²) in [4.78, 5) is 21.6. The number of nitrogens with zero attached hydrogens (tertiary/aromatic N) is 3. The molecule has 0 bridgehead atoms. The number of anilines is 4. The predicted molar refractivity (Wildman–Crippen MR) is 119 cm³/mol. The summed E-state index contributed by atoms with van der Waals surface area (Å²) in [6.45, 7) is 1.49. The van der Waals surface area contributed by atoms with Crippen molar-refractivity contribution in [2.45, 2.75) is 18.4 Å². The average Bonchev–Trinajstić information content (AvgIpc) is 2.81. The monoisotopic (exact) mass is 420 g/mol. The zero-order valence-electron chi connectivity index (χ0n) is 17.3. The van der Waals surface area contributed by atoms with Crippen molar-refractivity contribution in [2.24, 2.45) is 0 Å². The molecular weight excluding hydrogens is 395 g/mol. The Morgan fingerprint density at radius 1 is 1.03 bits per heavy atom. The van der Waals surface area contributed by atoms with Crippen LogP contribution in [-0.4, -0.2) is 47.5 Å². The third kappa shape index (κ3) is 5.16. The Morgan fingerprint density at radius 3 is 2.45 bits per heavy atom. The van der Waals surface area contributed by atoms with Crippen molar-refractivity contribution in [2.75, 3.05) is 30.8 Å². The van der Waals surface area contributed by atoms with Gasteiger partial charge in [-0.1, -0.05) is 12.1 Å². The average molecular weight is 420 g/mol. The van der Waals surface area contributed by atoms with E-state index in [1.165, 1.54) is 17.7 Å². The first-order valence-electron chi connectivity index (χ1n) is 10.2. The number of aromatic nitrogens is 2. The molecule has 31 heavy (non-hydrogen) atoms. The third-order valence-corrected chi connectivity index (χ3v) is 5.53. The number of hydrogen-bond acceptors (Lipinski definition) is 6. The Kier molecular flexibility index (Phi) is 6.37. The normalized spacial score (nSPS) is 18.5. The van der Waals surface area contributed by atoms with Gasteiger partial charge in [0.25, 0.3) is 0 Å². The Morgan fingerprint density at radius 2 is 1.74 bits per heavy atom. The quantitative estimate of drug-likeness (QED) is 0.507. The summed E-state index contributed by atoms with van der Waals surface area (Å²) in [5.41, 5.74) is 2.87. The van der Waals surface area contributed by atoms with E-state index in [1.54, 1.807) is 24.4 Å². The fourth-order valence-corrected chi connectivity index (χ4v) is 3.88. The number of carbonyl (C=O) groups is 1. The van der Waals surface area contributed by atoms with Crippen molar-refractivity contribution in [1.29, 1.82) is 0 Å². The van der Waals surface area contributed by atoms with Gasteiger partial charge < -0.3 is 20.9 Å². The van der Waals surface area contributed by atoms with Crippen molar-refractivity contribution in [1.82, 2.24) is 20.2 Å². The number of rotatable bonds is 7. The van der Waals surface area contributed by atoms with Crippen LogP contribution < -0.4 is 16.0 Å². The number of halogens is 1. The summed E-state index contributed by atoms with van der Waals surface area (Å²) in [6.07, 6.45) is 3.51. The van der Waals surface area contributed by atoms with Crippen LogP contribution in [0.25, 0.3) is 0 Å². The van der Waals surface area contributed by atoms with E-state index in [-0.39, 0.29) is 11.9 Å². The number of nitrogens with one attached hydrogen (secondary N) is 3. The highest BCUT2D eigenvalue weighted by Gasteiger charge is 2.28. The molecule has 1 fully saturated rings. The molecular formula is C23H25FN6O. The maximum atomic E-state index is 13.1. The zero-order valence-corrected chi connectivity index (χ0v) is 17.3. The van der Waals surface area contributed by atoms with E-state index >= 15 is 0 Å². The van der Waals surface area contributed by atoms with Crippen LogP contribution in [0.2, 0.25) is 0 Å². The molecule has 7 nitrogen and oxygen atoms in total. The minimum atomic E-state index is -0.283. The number of benzene rings is 2. The Bertz CT molecular complexity index is 1010. The molecule has 1 amide bonds. The molecule has 4 rings (SSSR count). The van der Waals surface area contributed by atoms with E-state index in [1.807, 2.05) is 24.1 Å². The van der Waals surface area contributed by atoms with Gasteiger partial charge in [-0.15, -0.1) is 0 Å². The van der Waals surface area contributed by atoms with Crippen LogP contribution in [0.4, 0.5) is 27.5 Å². The molecule has 1 aromatic heterocycles. The number of likely N-dealkylation sites (N-methyl/N-ethyl adjacent to an activating group) is 1. The molecule has 2 atom stereocenters. The van der Waals surface area contributed by atoms with Gasteiger partial charge in [0, 0.05) is 42.6 Å². The molecule has 8 heteroatoms. The molecule has 2 aromatic carbocycles. The fourth-order valence-electron chi connectivity index (χ4n) is 3.88. The number of likely N-dealkylation sites (tertiary alicyclic amines) is 1. The maximum Gasteiger partial charge on any atom is 0.229 e. The lowest BCUT2D eigenvalue weighted by atomic mass is 9.85. The van der Waals surface area contributed by atoms with Crippen LogP contribution in [0.15, 0.2) is 60.8 Å². The van der Waals surface area contributed by atoms with Crippen LogP contribution in [0.3, 0.4) is 0 Å². The standard InChI is InChI=1S/C23H25FN6O/c1-25-21-14-30(15-31)13-11-20(21)16-2-6-19(7-3-16)28-23-26-12-10-22(29-23)27-18-8-4-17(24)5-9-18/h2-10,12,15,20-21,25H,11,13-14H2,1H3,(H2,26,27,28,29)/t20-,21?/m0/s1. The van der Waals surface area contributed by atoms with Gasteiger partial charge >= 0.3 is 0 Å². The van der Waals surface area contributed by atoms with Crippen LogP contribution in [0.5, 0.6) is 0 Å². The Balaban J connectivity index is 1.42. The van der Waals surface area contributed by atoms with Crippen LogP contribution in [0, 0.1) is 5.82 Å². The highest BCUT2D eigenvalue weighted by Crippen LogP contribution is 2.29. The highest BCUT2D eigenvalue weighted by atomic mass is 19.1. The van der Waals surface area contributed by atoms with Crippen molar-refractivity contribution in [3.05, 3.63) is 72.2 Å². The van der Waals surface area contributed by atoms with Gasteiger partial charge in [0.15, 0.2) is 0 Å². The molecule has 1 unspecified atom stereocenters. The molecule has 1 aliphatic rings. The van der Waals surface area contributed by atoms with E-state index < -0.39 is 0 Å². The van der Waals surface area contributed by atoms with Gasteiger partial charge in [-0.3, -0.25) is 4.79 Å². The second kappa shape index (κ2) is 9.53. The molecule has 0 spiro atoms. The zero-order chi connectivity index (χ0) is 21.6. The first-order valence-corrected chi connectivity index (χ1v) is 10.2. The third-order valence-electron chi connectivity index (χ3n) is 5.53. The van der Waals surface area contributed by atoms with Crippen molar-refractivity contribution >= 4 is 29.6 Å². The van der Waals surface area contributed by atoms with Gasteiger partial charge in [0.1, 0.15) is 11.6 Å². The van der Waals surface area contributed by atoms with Crippen molar-refractivity contribution in [3.8, 4) is 0 Å². The summed E-state index contributed by atoms with van der Waals surface area (Å²) in [5, 5.41) is 9.69. The van der Waals surface area contributed by atoms with Crippen molar-refractivity contribution in [3.63, 3.8) is 0 Å². The van der Waals surface area contributed by atoms with Crippen LogP contribution in [-0.2, 0) is 4.79 Å². The molecule has 1 saturated heterocycles. The lowest BCUT2D eigenvalue weighted by molar-refractivity contribution is -0.119. The van der Waals surface area contributed by atoms with Gasteiger partial charge in [0.2, 0.25) is 12.4 Å². The Labute approximate surface area is 180 Å². The second-order valence-electron chi connectivity index (χ2n) is 7.54. The predicted octanol–water partition coefficient (Wildman–Crippen LogP) is 3.64. The number of amides is 1. The largest absolute Gasteiger partial charge is 0.344 e. The van der Waals surface area contributed by atoms with Crippen LogP contribution >= 0.6 is 0 Å². The summed E-state index contributed by atoms with van der Waals surface area (Å²) >= 11 is 0. The number of carbonyl (C=O) groups excluding carboxylic acids is 1. The Hall–Kier alpha value is -3.52. The SMILES string of the molecule is CNC1CN(C=O)CC[C@H]1c1ccc(Nc2nccc(Nc3ccc(F)cc3)n2)cc1. The van der Waals surface area contributed by atoms with E-state index in [4.69, 9.17) is 0 Å². The highest BCUT2D eigenvalue weighted by molar-refractivity contribution is 5.59. The molecule has 1 aliphatic heterocycles.